The van der Waals surface area contributed by atoms with Crippen molar-refractivity contribution in [3.63, 3.8) is 0 Å². The Balaban J connectivity index is 2.91. The maximum atomic E-state index is 11.9. The Hall–Kier alpha value is -0.380. The molecule has 0 N–H and O–H groups in total. The van der Waals surface area contributed by atoms with Crippen LogP contribution in [-0.4, -0.2) is 25.5 Å². The Morgan fingerprint density at radius 2 is 2.00 bits per heavy atom. The average molecular weight is 208 g/mol. The van der Waals surface area contributed by atoms with Gasteiger partial charge < -0.3 is 13.8 Å². The van der Waals surface area contributed by atoms with Gasteiger partial charge in [0.1, 0.15) is 0 Å². The zero-order valence-corrected chi connectivity index (χ0v) is 8.80. The van der Waals surface area contributed by atoms with Crippen molar-refractivity contribution in [2.45, 2.75) is 25.1 Å². The van der Waals surface area contributed by atoms with Crippen LogP contribution < -0.4 is 0 Å². The molecule has 0 saturated carbocycles. The highest BCUT2D eigenvalue weighted by molar-refractivity contribution is 7.55. The van der Waals surface area contributed by atoms with Crippen LogP contribution in [0.15, 0.2) is 0 Å². The van der Waals surface area contributed by atoms with Crippen LogP contribution >= 0.6 is 7.60 Å². The Morgan fingerprint density at radius 3 is 2.31 bits per heavy atom. The van der Waals surface area contributed by atoms with Crippen LogP contribution in [0.25, 0.3) is 0 Å². The fraction of sp³-hybridized carbons (Fsp3) is 0.857. The summed E-state index contributed by atoms with van der Waals surface area (Å²) in [5, 5.41) is -1.12. The van der Waals surface area contributed by atoms with Crippen LogP contribution in [0.2, 0.25) is 0 Å². The van der Waals surface area contributed by atoms with Gasteiger partial charge in [-0.1, -0.05) is 0 Å². The molecule has 1 rings (SSSR count). The Bertz CT molecular complexity index is 256. The molecule has 1 aliphatic heterocycles. The van der Waals surface area contributed by atoms with E-state index in [2.05, 4.69) is 0 Å². The van der Waals surface area contributed by atoms with Crippen LogP contribution in [0.3, 0.4) is 0 Å². The number of ether oxygens (including phenoxy) is 1. The van der Waals surface area contributed by atoms with E-state index in [0.717, 1.165) is 0 Å². The summed E-state index contributed by atoms with van der Waals surface area (Å²) in [5.41, 5.74) is 0. The molecule has 0 bridgehead atoms. The van der Waals surface area contributed by atoms with Gasteiger partial charge in [0, 0.05) is 27.1 Å². The second-order valence-electron chi connectivity index (χ2n) is 3.01. The number of carbonyl (C=O) groups is 1. The van der Waals surface area contributed by atoms with Crippen molar-refractivity contribution >= 4 is 13.6 Å². The van der Waals surface area contributed by atoms with Crippen LogP contribution in [0.4, 0.5) is 0 Å². The fourth-order valence-corrected chi connectivity index (χ4v) is 2.86. The van der Waals surface area contributed by atoms with Crippen molar-refractivity contribution in [3.8, 4) is 0 Å². The number of esters is 1. The minimum atomic E-state index is -3.32. The molecule has 1 saturated heterocycles. The van der Waals surface area contributed by atoms with E-state index in [1.54, 1.807) is 6.92 Å². The minimum Gasteiger partial charge on any atom is -0.446 e. The maximum absolute atomic E-state index is 11.9. The van der Waals surface area contributed by atoms with Gasteiger partial charge in [0.15, 0.2) is 0 Å². The molecular weight excluding hydrogens is 195 g/mol. The summed E-state index contributed by atoms with van der Waals surface area (Å²) < 4.78 is 26.4. The predicted molar refractivity (Wildman–Crippen MR) is 45.4 cm³/mol. The third-order valence-electron chi connectivity index (χ3n) is 2.19. The molecule has 0 aromatic rings. The van der Waals surface area contributed by atoms with E-state index in [1.807, 2.05) is 0 Å². The summed E-state index contributed by atoms with van der Waals surface area (Å²) in [6.45, 7) is 1.56. The number of hydrogen-bond donors (Lipinski definition) is 0. The largest absolute Gasteiger partial charge is 0.446 e. The van der Waals surface area contributed by atoms with Gasteiger partial charge in [0.25, 0.3) is 0 Å². The van der Waals surface area contributed by atoms with E-state index in [-0.39, 0.29) is 12.4 Å². The van der Waals surface area contributed by atoms with Gasteiger partial charge in [-0.05, 0) is 6.92 Å². The van der Waals surface area contributed by atoms with Crippen LogP contribution in [0.1, 0.15) is 19.8 Å². The van der Waals surface area contributed by atoms with Gasteiger partial charge in [-0.2, -0.15) is 0 Å². The van der Waals surface area contributed by atoms with Crippen molar-refractivity contribution in [3.05, 3.63) is 0 Å². The highest BCUT2D eigenvalue weighted by Gasteiger charge is 2.53. The van der Waals surface area contributed by atoms with Crippen molar-refractivity contribution in [2.24, 2.45) is 0 Å². The summed E-state index contributed by atoms with van der Waals surface area (Å²) in [4.78, 5) is 10.9. The lowest BCUT2D eigenvalue weighted by atomic mass is 10.2. The van der Waals surface area contributed by atoms with Gasteiger partial charge in [-0.25, -0.2) is 0 Å². The van der Waals surface area contributed by atoms with Crippen LogP contribution in [0.5, 0.6) is 0 Å². The first-order valence-electron chi connectivity index (χ1n) is 3.91. The lowest BCUT2D eigenvalue weighted by molar-refractivity contribution is -0.143. The molecule has 0 unspecified atom stereocenters. The van der Waals surface area contributed by atoms with E-state index in [9.17, 15) is 9.36 Å². The number of hydrogen-bond acceptors (Lipinski definition) is 5. The SMILES string of the molecule is COP(=O)(OC)[C@@]1(C)CCC(=O)O1. The predicted octanol–water partition coefficient (Wildman–Crippen LogP) is 1.53. The van der Waals surface area contributed by atoms with Gasteiger partial charge in [0.05, 0.1) is 0 Å². The van der Waals surface area contributed by atoms with E-state index >= 15 is 0 Å². The molecule has 13 heavy (non-hydrogen) atoms. The van der Waals surface area contributed by atoms with Crippen molar-refractivity contribution in [2.75, 3.05) is 14.2 Å². The molecule has 1 fully saturated rings. The molecular formula is C7H13O5P. The van der Waals surface area contributed by atoms with E-state index < -0.39 is 12.9 Å². The first-order chi connectivity index (χ1) is 5.97. The van der Waals surface area contributed by atoms with E-state index in [4.69, 9.17) is 13.8 Å². The second-order valence-corrected chi connectivity index (χ2v) is 5.68. The van der Waals surface area contributed by atoms with E-state index in [1.165, 1.54) is 14.2 Å². The quantitative estimate of drug-likeness (QED) is 0.519. The van der Waals surface area contributed by atoms with E-state index in [0.29, 0.717) is 6.42 Å². The Morgan fingerprint density at radius 1 is 1.46 bits per heavy atom. The molecule has 0 aromatic carbocycles. The lowest BCUT2D eigenvalue weighted by Gasteiger charge is -2.28. The third kappa shape index (κ3) is 1.64. The zero-order chi connectivity index (χ0) is 10.1. The minimum absolute atomic E-state index is 0.257. The highest BCUT2D eigenvalue weighted by Crippen LogP contribution is 2.62. The number of rotatable bonds is 3. The molecule has 0 radical (unpaired) electrons. The second kappa shape index (κ2) is 3.40. The molecule has 6 heteroatoms. The van der Waals surface area contributed by atoms with Crippen molar-refractivity contribution < 1.29 is 23.1 Å². The van der Waals surface area contributed by atoms with Crippen LogP contribution in [-0.2, 0) is 23.1 Å². The van der Waals surface area contributed by atoms with Crippen LogP contribution in [0, 0.1) is 0 Å². The molecule has 1 atom stereocenters. The first-order valence-corrected chi connectivity index (χ1v) is 5.45. The molecule has 0 aromatic heterocycles. The normalized spacial score (nSPS) is 29.0. The Labute approximate surface area is 76.9 Å². The summed E-state index contributed by atoms with van der Waals surface area (Å²) >= 11 is 0. The standard InChI is InChI=1S/C7H13O5P/c1-7(5-4-6(8)12-7)13(9,10-2)11-3/h4-5H2,1-3H3/t7-/m0/s1. The van der Waals surface area contributed by atoms with Gasteiger partial charge in [-0.3, -0.25) is 9.36 Å². The van der Waals surface area contributed by atoms with Gasteiger partial charge >= 0.3 is 13.6 Å². The third-order valence-corrected chi connectivity index (χ3v) is 4.62. The fourth-order valence-electron chi connectivity index (χ4n) is 1.33. The molecule has 5 nitrogen and oxygen atoms in total. The Kier molecular flexibility index (Phi) is 2.80. The molecule has 0 spiro atoms. The number of carbonyl (C=O) groups excluding carboxylic acids is 1. The molecule has 1 aliphatic rings. The smallest absolute Gasteiger partial charge is 0.373 e. The summed E-state index contributed by atoms with van der Waals surface area (Å²) in [6.07, 6.45) is 0.623. The first kappa shape index (κ1) is 10.7. The number of cyclic esters (lactones) is 1. The van der Waals surface area contributed by atoms with Gasteiger partial charge in [-0.15, -0.1) is 0 Å². The average Bonchev–Trinajstić information content (AvgIpc) is 2.46. The summed E-state index contributed by atoms with van der Waals surface area (Å²) in [6, 6.07) is 0. The maximum Gasteiger partial charge on any atom is 0.373 e. The van der Waals surface area contributed by atoms with Crippen molar-refractivity contribution in [1.29, 1.82) is 0 Å². The molecule has 0 aliphatic carbocycles. The van der Waals surface area contributed by atoms with Gasteiger partial charge in [0.2, 0.25) is 5.34 Å². The lowest BCUT2D eigenvalue weighted by Crippen LogP contribution is -2.25. The monoisotopic (exact) mass is 208 g/mol. The summed E-state index contributed by atoms with van der Waals surface area (Å²) in [5.74, 6) is -0.364. The molecule has 1 heterocycles. The zero-order valence-electron chi connectivity index (χ0n) is 7.90. The molecule has 0 amide bonds. The summed E-state index contributed by atoms with van der Waals surface area (Å²) in [7, 11) is -0.762. The van der Waals surface area contributed by atoms with Crippen molar-refractivity contribution in [1.82, 2.24) is 0 Å². The topological polar surface area (TPSA) is 61.8 Å². The highest BCUT2D eigenvalue weighted by atomic mass is 31.2. The molecule has 76 valence electrons.